The number of hydrogen-bond donors (Lipinski definition) is 1. The van der Waals surface area contributed by atoms with Crippen molar-refractivity contribution in [3.05, 3.63) is 0 Å². The van der Waals surface area contributed by atoms with E-state index in [4.69, 9.17) is 0 Å². The molecule has 1 aromatic heterocycles. The third-order valence-electron chi connectivity index (χ3n) is 4.93. The maximum atomic E-state index is 12.2. The van der Waals surface area contributed by atoms with Crippen LogP contribution in [0.25, 0.3) is 0 Å². The first kappa shape index (κ1) is 20.4. The second kappa shape index (κ2) is 9.73. The third-order valence-corrected chi connectivity index (χ3v) is 7.05. The lowest BCUT2D eigenvalue weighted by Crippen LogP contribution is -2.49. The van der Waals surface area contributed by atoms with Gasteiger partial charge in [0.05, 0.1) is 5.75 Å². The summed E-state index contributed by atoms with van der Waals surface area (Å²) in [5.41, 5.74) is 0. The Kier molecular flexibility index (Phi) is 7.34. The minimum absolute atomic E-state index is 0.0842. The molecule has 0 unspecified atom stereocenters. The van der Waals surface area contributed by atoms with E-state index in [1.165, 1.54) is 35.9 Å². The molecule has 1 N–H and O–H groups in total. The number of nitrogens with one attached hydrogen (secondary N) is 1. The summed E-state index contributed by atoms with van der Waals surface area (Å²) in [5.74, 6) is 1.11. The molecule has 7 nitrogen and oxygen atoms in total. The van der Waals surface area contributed by atoms with Gasteiger partial charge in [0.15, 0.2) is 4.34 Å². The zero-order valence-electron chi connectivity index (χ0n) is 16.1. The molecule has 0 bridgehead atoms. The van der Waals surface area contributed by atoms with E-state index in [0.29, 0.717) is 24.1 Å². The predicted molar refractivity (Wildman–Crippen MR) is 109 cm³/mol. The van der Waals surface area contributed by atoms with Gasteiger partial charge in [-0.3, -0.25) is 9.59 Å². The van der Waals surface area contributed by atoms with Crippen molar-refractivity contribution >= 4 is 40.0 Å². The van der Waals surface area contributed by atoms with Gasteiger partial charge in [-0.1, -0.05) is 49.8 Å². The van der Waals surface area contributed by atoms with Crippen LogP contribution < -0.4 is 10.2 Å². The van der Waals surface area contributed by atoms with Crippen molar-refractivity contribution in [1.82, 2.24) is 20.4 Å². The molecule has 3 rings (SSSR count). The topological polar surface area (TPSA) is 78.4 Å². The molecule has 1 saturated heterocycles. The zero-order chi connectivity index (χ0) is 19.2. The normalized spacial score (nSPS) is 18.3. The van der Waals surface area contributed by atoms with Crippen molar-refractivity contribution in [3.8, 4) is 0 Å². The molecule has 1 aliphatic carbocycles. The van der Waals surface area contributed by atoms with Crippen molar-refractivity contribution in [3.63, 3.8) is 0 Å². The number of aromatic nitrogens is 2. The summed E-state index contributed by atoms with van der Waals surface area (Å²) in [5, 5.41) is 12.5. The van der Waals surface area contributed by atoms with Crippen LogP contribution in [0.2, 0.25) is 0 Å². The van der Waals surface area contributed by atoms with E-state index in [0.717, 1.165) is 48.5 Å². The summed E-state index contributed by atoms with van der Waals surface area (Å²) in [6.45, 7) is 7.18. The number of rotatable bonds is 7. The molecule has 27 heavy (non-hydrogen) atoms. The van der Waals surface area contributed by atoms with Crippen LogP contribution >= 0.6 is 23.1 Å². The Bertz CT molecular complexity index is 637. The SMILES string of the molecule is CC(C)CC(=O)N1CCN(c2nnc(SCC(=O)NC3CCCC3)s2)CC1. The van der Waals surface area contributed by atoms with Gasteiger partial charge in [-0.25, -0.2) is 0 Å². The molecular formula is C18H29N5O2S2. The quantitative estimate of drug-likeness (QED) is 0.694. The van der Waals surface area contributed by atoms with Gasteiger partial charge in [-0.2, -0.15) is 0 Å². The Morgan fingerprint density at radius 1 is 1.19 bits per heavy atom. The standard InChI is InChI=1S/C18H29N5O2S2/c1-13(2)11-16(25)22-7-9-23(10-8-22)17-20-21-18(27-17)26-12-15(24)19-14-5-3-4-6-14/h13-14H,3-12H2,1-2H3,(H,19,24). The summed E-state index contributed by atoms with van der Waals surface area (Å²) in [7, 11) is 0. The number of anilines is 1. The highest BCUT2D eigenvalue weighted by atomic mass is 32.2. The van der Waals surface area contributed by atoms with Gasteiger partial charge in [0.25, 0.3) is 0 Å². The number of thioether (sulfide) groups is 1. The predicted octanol–water partition coefficient (Wildman–Crippen LogP) is 2.38. The molecule has 9 heteroatoms. The molecule has 0 radical (unpaired) electrons. The fourth-order valence-electron chi connectivity index (χ4n) is 3.48. The van der Waals surface area contributed by atoms with Gasteiger partial charge < -0.3 is 15.1 Å². The number of piperazine rings is 1. The van der Waals surface area contributed by atoms with E-state index in [9.17, 15) is 9.59 Å². The van der Waals surface area contributed by atoms with E-state index in [2.05, 4.69) is 34.3 Å². The second-order valence-electron chi connectivity index (χ2n) is 7.65. The Morgan fingerprint density at radius 3 is 2.56 bits per heavy atom. The summed E-state index contributed by atoms with van der Waals surface area (Å²) in [6.07, 6.45) is 5.25. The highest BCUT2D eigenvalue weighted by Gasteiger charge is 2.24. The average Bonchev–Trinajstić information content (AvgIpc) is 3.31. The first-order valence-electron chi connectivity index (χ1n) is 9.79. The molecule has 2 fully saturated rings. The van der Waals surface area contributed by atoms with Crippen LogP contribution in [-0.4, -0.2) is 64.9 Å². The molecule has 1 aromatic rings. The number of amides is 2. The Labute approximate surface area is 169 Å². The van der Waals surface area contributed by atoms with Crippen LogP contribution in [0.15, 0.2) is 4.34 Å². The van der Waals surface area contributed by atoms with Crippen molar-refractivity contribution in [2.45, 2.75) is 56.3 Å². The molecular weight excluding hydrogens is 382 g/mol. The van der Waals surface area contributed by atoms with Crippen LogP contribution in [0.5, 0.6) is 0 Å². The van der Waals surface area contributed by atoms with Gasteiger partial charge in [-0.05, 0) is 18.8 Å². The first-order chi connectivity index (χ1) is 13.0. The fourth-order valence-corrected chi connectivity index (χ4v) is 5.18. The minimum Gasteiger partial charge on any atom is -0.353 e. The number of carbonyl (C=O) groups excluding carboxylic acids is 2. The van der Waals surface area contributed by atoms with E-state index >= 15 is 0 Å². The van der Waals surface area contributed by atoms with Crippen molar-refractivity contribution < 1.29 is 9.59 Å². The first-order valence-corrected chi connectivity index (χ1v) is 11.6. The van der Waals surface area contributed by atoms with Crippen molar-refractivity contribution in [2.24, 2.45) is 5.92 Å². The number of nitrogens with zero attached hydrogens (tertiary/aromatic N) is 4. The largest absolute Gasteiger partial charge is 0.353 e. The minimum atomic E-state index is 0.0842. The van der Waals surface area contributed by atoms with Gasteiger partial charge in [0.2, 0.25) is 16.9 Å². The molecule has 150 valence electrons. The Balaban J connectivity index is 1.41. The summed E-state index contributed by atoms with van der Waals surface area (Å²) < 4.78 is 0.824. The van der Waals surface area contributed by atoms with E-state index < -0.39 is 0 Å². The monoisotopic (exact) mass is 411 g/mol. The van der Waals surface area contributed by atoms with Gasteiger partial charge in [0.1, 0.15) is 0 Å². The molecule has 2 amide bonds. The van der Waals surface area contributed by atoms with E-state index in [1.54, 1.807) is 0 Å². The number of carbonyl (C=O) groups is 2. The van der Waals surface area contributed by atoms with Crippen LogP contribution in [0.3, 0.4) is 0 Å². The maximum Gasteiger partial charge on any atom is 0.230 e. The Morgan fingerprint density at radius 2 is 1.89 bits per heavy atom. The maximum absolute atomic E-state index is 12.2. The van der Waals surface area contributed by atoms with Crippen molar-refractivity contribution in [1.29, 1.82) is 0 Å². The number of hydrogen-bond acceptors (Lipinski definition) is 7. The van der Waals surface area contributed by atoms with Crippen LogP contribution in [0.1, 0.15) is 46.0 Å². The second-order valence-corrected chi connectivity index (χ2v) is 9.83. The molecule has 0 atom stereocenters. The highest BCUT2D eigenvalue weighted by molar-refractivity contribution is 8.01. The molecule has 0 aromatic carbocycles. The molecule has 2 heterocycles. The van der Waals surface area contributed by atoms with Crippen LogP contribution in [0.4, 0.5) is 5.13 Å². The molecule has 1 aliphatic heterocycles. The summed E-state index contributed by atoms with van der Waals surface area (Å²) in [6, 6.07) is 0.359. The smallest absolute Gasteiger partial charge is 0.230 e. The third kappa shape index (κ3) is 6.07. The van der Waals surface area contributed by atoms with Gasteiger partial charge in [-0.15, -0.1) is 10.2 Å². The summed E-state index contributed by atoms with van der Waals surface area (Å²) >= 11 is 2.98. The van der Waals surface area contributed by atoms with E-state index in [1.807, 2.05) is 4.90 Å². The van der Waals surface area contributed by atoms with Crippen molar-refractivity contribution in [2.75, 3.05) is 36.8 Å². The summed E-state index contributed by atoms with van der Waals surface area (Å²) in [4.78, 5) is 28.3. The lowest BCUT2D eigenvalue weighted by atomic mass is 10.1. The van der Waals surface area contributed by atoms with Crippen LogP contribution in [-0.2, 0) is 9.59 Å². The Hall–Kier alpha value is -1.35. The fraction of sp³-hybridized carbons (Fsp3) is 0.778. The lowest BCUT2D eigenvalue weighted by Gasteiger charge is -2.34. The van der Waals surface area contributed by atoms with E-state index in [-0.39, 0.29) is 11.8 Å². The van der Waals surface area contributed by atoms with Crippen LogP contribution in [0, 0.1) is 5.92 Å². The molecule has 1 saturated carbocycles. The van der Waals surface area contributed by atoms with Gasteiger partial charge >= 0.3 is 0 Å². The zero-order valence-corrected chi connectivity index (χ0v) is 17.8. The molecule has 2 aliphatic rings. The molecule has 0 spiro atoms. The average molecular weight is 412 g/mol. The highest BCUT2D eigenvalue weighted by Crippen LogP contribution is 2.29. The van der Waals surface area contributed by atoms with Gasteiger partial charge in [0, 0.05) is 38.6 Å². The lowest BCUT2D eigenvalue weighted by molar-refractivity contribution is -0.132.